The Kier molecular flexibility index (Phi) is 5.79. The first-order chi connectivity index (χ1) is 11.3. The van der Waals surface area contributed by atoms with E-state index in [4.69, 9.17) is 10.5 Å². The third-order valence-corrected chi connectivity index (χ3v) is 5.06. The molecule has 9 heteroatoms. The highest BCUT2D eigenvalue weighted by molar-refractivity contribution is 7.88. The van der Waals surface area contributed by atoms with Gasteiger partial charge in [0.2, 0.25) is 10.0 Å². The number of nitrogens with one attached hydrogen (secondary N) is 1. The smallest absolute Gasteiger partial charge is 0.255 e. The molecule has 0 unspecified atom stereocenters. The average Bonchev–Trinajstić information content (AvgIpc) is 2.53. The molecule has 8 nitrogen and oxygen atoms in total. The van der Waals surface area contributed by atoms with Gasteiger partial charge in [0.25, 0.3) is 11.8 Å². The number of nitrogens with two attached hydrogens (primary N) is 1. The summed E-state index contributed by atoms with van der Waals surface area (Å²) in [4.78, 5) is 22.9. The van der Waals surface area contributed by atoms with Crippen LogP contribution in [0.15, 0.2) is 24.3 Å². The summed E-state index contributed by atoms with van der Waals surface area (Å²) in [6.45, 7) is 0.595. The van der Waals surface area contributed by atoms with Gasteiger partial charge < -0.3 is 15.8 Å². The summed E-state index contributed by atoms with van der Waals surface area (Å²) in [6, 6.07) is 6.31. The van der Waals surface area contributed by atoms with Crippen molar-refractivity contribution in [3.8, 4) is 5.75 Å². The quantitative estimate of drug-likeness (QED) is 0.726. The first-order valence-electron chi connectivity index (χ1n) is 7.53. The van der Waals surface area contributed by atoms with Crippen molar-refractivity contribution in [1.82, 2.24) is 9.62 Å². The van der Waals surface area contributed by atoms with E-state index >= 15 is 0 Å². The first kappa shape index (κ1) is 18.2. The Bertz CT molecular complexity index is 694. The predicted molar refractivity (Wildman–Crippen MR) is 88.0 cm³/mol. The number of ether oxygens (including phenoxy) is 1. The molecule has 132 valence electrons. The number of piperidine rings is 1. The van der Waals surface area contributed by atoms with E-state index in [1.54, 1.807) is 24.3 Å². The minimum absolute atomic E-state index is 0.0544. The van der Waals surface area contributed by atoms with Gasteiger partial charge in [-0.25, -0.2) is 12.7 Å². The maximum atomic E-state index is 12.2. The number of benzene rings is 1. The molecule has 1 aliphatic heterocycles. The molecule has 1 heterocycles. The fraction of sp³-hybridized carbons (Fsp3) is 0.467. The second-order valence-electron chi connectivity index (χ2n) is 5.69. The fourth-order valence-corrected chi connectivity index (χ4v) is 3.33. The number of rotatable bonds is 6. The molecule has 2 rings (SSSR count). The van der Waals surface area contributed by atoms with Crippen LogP contribution in [0.2, 0.25) is 0 Å². The molecule has 1 saturated heterocycles. The van der Waals surface area contributed by atoms with Crippen molar-refractivity contribution in [3.63, 3.8) is 0 Å². The Hall–Kier alpha value is -2.13. The minimum Gasteiger partial charge on any atom is -0.484 e. The molecule has 0 aliphatic carbocycles. The second-order valence-corrected chi connectivity index (χ2v) is 7.67. The second kappa shape index (κ2) is 7.63. The highest BCUT2D eigenvalue weighted by Gasteiger charge is 2.25. The van der Waals surface area contributed by atoms with Gasteiger partial charge in [0.05, 0.1) is 6.26 Å². The number of hydrogen-bond acceptors (Lipinski definition) is 5. The average molecular weight is 355 g/mol. The minimum atomic E-state index is -3.17. The van der Waals surface area contributed by atoms with Crippen LogP contribution in [0.4, 0.5) is 0 Å². The summed E-state index contributed by atoms with van der Waals surface area (Å²) >= 11 is 0. The topological polar surface area (TPSA) is 119 Å². The molecule has 0 atom stereocenters. The first-order valence-corrected chi connectivity index (χ1v) is 9.37. The van der Waals surface area contributed by atoms with Gasteiger partial charge in [-0.05, 0) is 37.1 Å². The van der Waals surface area contributed by atoms with Crippen molar-refractivity contribution >= 4 is 21.8 Å². The maximum absolute atomic E-state index is 12.2. The highest BCUT2D eigenvalue weighted by Crippen LogP contribution is 2.15. The van der Waals surface area contributed by atoms with E-state index in [0.717, 1.165) is 0 Å². The van der Waals surface area contributed by atoms with E-state index in [9.17, 15) is 18.0 Å². The number of primary amides is 1. The van der Waals surface area contributed by atoms with Gasteiger partial charge in [0.15, 0.2) is 6.61 Å². The molecule has 0 radical (unpaired) electrons. The van der Waals surface area contributed by atoms with Crippen molar-refractivity contribution in [2.75, 3.05) is 26.0 Å². The summed E-state index contributed by atoms with van der Waals surface area (Å²) in [5.74, 6) is -0.349. The van der Waals surface area contributed by atoms with Crippen molar-refractivity contribution in [2.24, 2.45) is 5.73 Å². The van der Waals surface area contributed by atoms with Crippen molar-refractivity contribution < 1.29 is 22.7 Å². The van der Waals surface area contributed by atoms with Gasteiger partial charge in [-0.1, -0.05) is 0 Å². The Morgan fingerprint density at radius 2 is 1.83 bits per heavy atom. The van der Waals surface area contributed by atoms with Crippen LogP contribution in [0.1, 0.15) is 23.2 Å². The molecule has 1 fully saturated rings. The highest BCUT2D eigenvalue weighted by atomic mass is 32.2. The molecule has 0 saturated carbocycles. The van der Waals surface area contributed by atoms with E-state index in [0.29, 0.717) is 37.2 Å². The van der Waals surface area contributed by atoms with Crippen LogP contribution < -0.4 is 15.8 Å². The molecule has 1 aliphatic rings. The number of hydrogen-bond donors (Lipinski definition) is 2. The molecule has 0 spiro atoms. The predicted octanol–water partition coefficient (Wildman–Crippen LogP) is -0.295. The van der Waals surface area contributed by atoms with E-state index in [-0.39, 0.29) is 18.6 Å². The number of amides is 2. The Morgan fingerprint density at radius 3 is 2.33 bits per heavy atom. The molecular formula is C15H21N3O5S. The standard InChI is InChI=1S/C15H21N3O5S/c1-24(21,22)18-8-6-12(7-9-18)17-15(20)11-2-4-13(5-3-11)23-10-14(16)19/h2-5,12H,6-10H2,1H3,(H2,16,19)(H,17,20). The zero-order chi connectivity index (χ0) is 17.7. The fourth-order valence-electron chi connectivity index (χ4n) is 2.46. The lowest BCUT2D eigenvalue weighted by Gasteiger charge is -2.30. The Morgan fingerprint density at radius 1 is 1.25 bits per heavy atom. The van der Waals surface area contributed by atoms with E-state index < -0.39 is 15.9 Å². The summed E-state index contributed by atoms with van der Waals surface area (Å²) in [5.41, 5.74) is 5.45. The molecular weight excluding hydrogens is 334 g/mol. The summed E-state index contributed by atoms with van der Waals surface area (Å²) in [7, 11) is -3.17. The van der Waals surface area contributed by atoms with Gasteiger partial charge in [-0.15, -0.1) is 0 Å². The largest absolute Gasteiger partial charge is 0.484 e. The van der Waals surface area contributed by atoms with Crippen LogP contribution in [0.5, 0.6) is 5.75 Å². The lowest BCUT2D eigenvalue weighted by atomic mass is 10.1. The van der Waals surface area contributed by atoms with Crippen molar-refractivity contribution in [2.45, 2.75) is 18.9 Å². The molecule has 0 bridgehead atoms. The SMILES string of the molecule is CS(=O)(=O)N1CCC(NC(=O)c2ccc(OCC(N)=O)cc2)CC1. The van der Waals surface area contributed by atoms with Crippen LogP contribution in [0, 0.1) is 0 Å². The lowest BCUT2D eigenvalue weighted by Crippen LogP contribution is -2.46. The number of carbonyl (C=O) groups excluding carboxylic acids is 2. The summed E-state index contributed by atoms with van der Waals surface area (Å²) < 4.78 is 29.5. The zero-order valence-electron chi connectivity index (χ0n) is 13.4. The van der Waals surface area contributed by atoms with Gasteiger partial charge in [-0.2, -0.15) is 0 Å². The molecule has 24 heavy (non-hydrogen) atoms. The molecule has 0 aromatic heterocycles. The molecule has 1 aromatic carbocycles. The van der Waals surface area contributed by atoms with Crippen LogP contribution in [0.25, 0.3) is 0 Å². The molecule has 1 aromatic rings. The van der Waals surface area contributed by atoms with Crippen LogP contribution in [-0.4, -0.2) is 56.5 Å². The number of sulfonamides is 1. The zero-order valence-corrected chi connectivity index (χ0v) is 14.2. The maximum Gasteiger partial charge on any atom is 0.255 e. The lowest BCUT2D eigenvalue weighted by molar-refractivity contribution is -0.119. The van der Waals surface area contributed by atoms with Gasteiger partial charge in [-0.3, -0.25) is 9.59 Å². The number of nitrogens with zero attached hydrogens (tertiary/aromatic N) is 1. The Labute approximate surface area is 141 Å². The third-order valence-electron chi connectivity index (χ3n) is 3.76. The van der Waals surface area contributed by atoms with Gasteiger partial charge in [0.1, 0.15) is 5.75 Å². The number of carbonyl (C=O) groups is 2. The molecule has 3 N–H and O–H groups in total. The van der Waals surface area contributed by atoms with Crippen LogP contribution in [-0.2, 0) is 14.8 Å². The summed E-state index contributed by atoms with van der Waals surface area (Å²) in [6.07, 6.45) is 2.35. The van der Waals surface area contributed by atoms with Gasteiger partial charge in [0, 0.05) is 24.7 Å². The van der Waals surface area contributed by atoms with Crippen molar-refractivity contribution in [3.05, 3.63) is 29.8 Å². The third kappa shape index (κ3) is 5.20. The van der Waals surface area contributed by atoms with Gasteiger partial charge >= 0.3 is 0 Å². The monoisotopic (exact) mass is 355 g/mol. The van der Waals surface area contributed by atoms with Crippen molar-refractivity contribution in [1.29, 1.82) is 0 Å². The van der Waals surface area contributed by atoms with E-state index in [2.05, 4.69) is 5.32 Å². The van der Waals surface area contributed by atoms with E-state index in [1.165, 1.54) is 10.6 Å². The normalized spacial score (nSPS) is 16.5. The van der Waals surface area contributed by atoms with Crippen LogP contribution in [0.3, 0.4) is 0 Å². The molecule has 2 amide bonds. The van der Waals surface area contributed by atoms with E-state index in [1.807, 2.05) is 0 Å². The Balaban J connectivity index is 1.86. The van der Waals surface area contributed by atoms with Crippen LogP contribution >= 0.6 is 0 Å². The summed E-state index contributed by atoms with van der Waals surface area (Å²) in [5, 5.41) is 2.90.